The molecule has 1 atom stereocenters. The van der Waals surface area contributed by atoms with Gasteiger partial charge in [0.2, 0.25) is 11.8 Å². The van der Waals surface area contributed by atoms with Crippen molar-refractivity contribution in [3.05, 3.63) is 95.0 Å². The minimum absolute atomic E-state index is 0.0728. The Morgan fingerprint density at radius 2 is 1.49 bits per heavy atom. The van der Waals surface area contributed by atoms with E-state index in [2.05, 4.69) is 21.2 Å². The summed E-state index contributed by atoms with van der Waals surface area (Å²) < 4.78 is 29.1. The average molecular weight is 558 g/mol. The molecule has 9 heteroatoms. The Hall–Kier alpha value is -3.17. The third-order valence-corrected chi connectivity index (χ3v) is 7.87. The smallest absolute Gasteiger partial charge is 0.264 e. The van der Waals surface area contributed by atoms with Gasteiger partial charge in [0.05, 0.1) is 10.6 Å². The summed E-state index contributed by atoms with van der Waals surface area (Å²) >= 11 is 3.37. The van der Waals surface area contributed by atoms with Crippen LogP contribution in [0.25, 0.3) is 0 Å². The Morgan fingerprint density at radius 1 is 0.914 bits per heavy atom. The zero-order chi connectivity index (χ0) is 25.4. The third-order valence-electron chi connectivity index (χ3n) is 5.55. The maximum atomic E-state index is 13.7. The van der Waals surface area contributed by atoms with Gasteiger partial charge in [-0.1, -0.05) is 71.4 Å². The molecular weight excluding hydrogens is 530 g/mol. The number of hydrogen-bond acceptors (Lipinski definition) is 4. The number of amides is 2. The standard InChI is InChI=1S/C26H28BrN3O4S/c1-3-24(26(32)28-2)29(18-20-10-6-4-7-11-20)25(31)19-30(22-16-14-21(27)15-17-22)35(33,34)23-12-8-5-9-13-23/h4-17,24H,3,18-19H2,1-2H3,(H,28,32). The average Bonchev–Trinajstić information content (AvgIpc) is 2.88. The molecule has 7 nitrogen and oxygen atoms in total. The van der Waals surface area contributed by atoms with Crippen LogP contribution >= 0.6 is 15.9 Å². The molecule has 35 heavy (non-hydrogen) atoms. The molecule has 0 bridgehead atoms. The quantitative estimate of drug-likeness (QED) is 0.404. The number of anilines is 1. The highest BCUT2D eigenvalue weighted by atomic mass is 79.9. The normalized spacial score (nSPS) is 12.0. The van der Waals surface area contributed by atoms with Crippen molar-refractivity contribution in [1.29, 1.82) is 0 Å². The van der Waals surface area contributed by atoms with Gasteiger partial charge in [0.25, 0.3) is 10.0 Å². The van der Waals surface area contributed by atoms with Crippen molar-refractivity contribution in [1.82, 2.24) is 10.2 Å². The summed E-state index contributed by atoms with van der Waals surface area (Å²) in [7, 11) is -2.54. The first-order chi connectivity index (χ1) is 16.8. The van der Waals surface area contributed by atoms with E-state index in [1.54, 1.807) is 42.5 Å². The van der Waals surface area contributed by atoms with E-state index >= 15 is 0 Å². The van der Waals surface area contributed by atoms with E-state index in [9.17, 15) is 18.0 Å². The fourth-order valence-electron chi connectivity index (χ4n) is 3.72. The van der Waals surface area contributed by atoms with Crippen molar-refractivity contribution >= 4 is 43.5 Å². The van der Waals surface area contributed by atoms with E-state index in [0.29, 0.717) is 12.1 Å². The lowest BCUT2D eigenvalue weighted by Crippen LogP contribution is -2.51. The van der Waals surface area contributed by atoms with Crippen LogP contribution in [0.15, 0.2) is 94.3 Å². The first-order valence-corrected chi connectivity index (χ1v) is 13.4. The summed E-state index contributed by atoms with van der Waals surface area (Å²) in [5.74, 6) is -0.787. The number of sulfonamides is 1. The molecule has 3 aromatic carbocycles. The molecule has 1 N–H and O–H groups in total. The molecule has 3 rings (SSSR count). The molecule has 2 amide bonds. The van der Waals surface area contributed by atoms with Crippen LogP contribution < -0.4 is 9.62 Å². The number of nitrogens with one attached hydrogen (secondary N) is 1. The monoisotopic (exact) mass is 557 g/mol. The van der Waals surface area contributed by atoms with E-state index in [1.807, 2.05) is 37.3 Å². The summed E-state index contributed by atoms with van der Waals surface area (Å²) in [4.78, 5) is 27.9. The molecule has 0 aliphatic carbocycles. The lowest BCUT2D eigenvalue weighted by Gasteiger charge is -2.33. The molecule has 1 unspecified atom stereocenters. The minimum Gasteiger partial charge on any atom is -0.357 e. The maximum Gasteiger partial charge on any atom is 0.264 e. The van der Waals surface area contributed by atoms with Crippen LogP contribution in [0, 0.1) is 0 Å². The molecule has 0 aromatic heterocycles. The molecule has 0 fully saturated rings. The van der Waals surface area contributed by atoms with Gasteiger partial charge in [0.15, 0.2) is 0 Å². The zero-order valence-electron chi connectivity index (χ0n) is 19.6. The molecule has 0 aliphatic rings. The van der Waals surface area contributed by atoms with Gasteiger partial charge in [-0.3, -0.25) is 13.9 Å². The first kappa shape index (κ1) is 26.4. The van der Waals surface area contributed by atoms with Gasteiger partial charge < -0.3 is 10.2 Å². The summed E-state index contributed by atoms with van der Waals surface area (Å²) in [5.41, 5.74) is 1.18. The van der Waals surface area contributed by atoms with Crippen molar-refractivity contribution in [2.45, 2.75) is 30.8 Å². The SMILES string of the molecule is CCC(C(=O)NC)N(Cc1ccccc1)C(=O)CN(c1ccc(Br)cc1)S(=O)(=O)c1ccccc1. The van der Waals surface area contributed by atoms with Gasteiger partial charge in [0, 0.05) is 18.1 Å². The Labute approximate surface area is 214 Å². The first-order valence-electron chi connectivity index (χ1n) is 11.2. The molecular formula is C26H28BrN3O4S. The van der Waals surface area contributed by atoms with Gasteiger partial charge >= 0.3 is 0 Å². The number of hydrogen-bond donors (Lipinski definition) is 1. The maximum absolute atomic E-state index is 13.7. The second-order valence-corrected chi connectivity index (χ2v) is 10.6. The van der Waals surface area contributed by atoms with Crippen molar-refractivity contribution < 1.29 is 18.0 Å². The summed E-state index contributed by atoms with van der Waals surface area (Å²) in [6, 6.07) is 23.2. The van der Waals surface area contributed by atoms with E-state index in [4.69, 9.17) is 0 Å². The Bertz CT molecular complexity index is 1240. The van der Waals surface area contributed by atoms with Crippen LogP contribution in [0.2, 0.25) is 0 Å². The summed E-state index contributed by atoms with van der Waals surface area (Å²) in [5, 5.41) is 2.61. The molecule has 0 saturated carbocycles. The Kier molecular flexibility index (Phi) is 9.06. The number of halogens is 1. The molecule has 0 heterocycles. The molecule has 0 saturated heterocycles. The van der Waals surface area contributed by atoms with Crippen LogP contribution in [0.3, 0.4) is 0 Å². The van der Waals surface area contributed by atoms with Crippen LogP contribution in [-0.4, -0.2) is 44.8 Å². The van der Waals surface area contributed by atoms with Crippen LogP contribution in [0.4, 0.5) is 5.69 Å². The largest absolute Gasteiger partial charge is 0.357 e. The fraction of sp³-hybridized carbons (Fsp3) is 0.231. The van der Waals surface area contributed by atoms with Crippen molar-refractivity contribution in [2.75, 3.05) is 17.9 Å². The highest BCUT2D eigenvalue weighted by Gasteiger charge is 2.33. The molecule has 0 radical (unpaired) electrons. The second kappa shape index (κ2) is 12.0. The highest BCUT2D eigenvalue weighted by Crippen LogP contribution is 2.26. The van der Waals surface area contributed by atoms with Crippen LogP contribution in [-0.2, 0) is 26.2 Å². The topological polar surface area (TPSA) is 86.8 Å². The lowest BCUT2D eigenvalue weighted by atomic mass is 10.1. The predicted molar refractivity (Wildman–Crippen MR) is 140 cm³/mol. The van der Waals surface area contributed by atoms with Crippen LogP contribution in [0.1, 0.15) is 18.9 Å². The van der Waals surface area contributed by atoms with Gasteiger partial charge in [-0.05, 0) is 48.4 Å². The number of rotatable bonds is 10. The zero-order valence-corrected chi connectivity index (χ0v) is 22.0. The fourth-order valence-corrected chi connectivity index (χ4v) is 5.42. The highest BCUT2D eigenvalue weighted by molar-refractivity contribution is 9.10. The lowest BCUT2D eigenvalue weighted by molar-refractivity contribution is -0.140. The van der Waals surface area contributed by atoms with Gasteiger partial charge in [-0.15, -0.1) is 0 Å². The number of benzene rings is 3. The van der Waals surface area contributed by atoms with E-state index in [-0.39, 0.29) is 17.3 Å². The Balaban J connectivity index is 2.03. The van der Waals surface area contributed by atoms with E-state index in [1.165, 1.54) is 24.1 Å². The second-order valence-electron chi connectivity index (χ2n) is 7.85. The number of carbonyl (C=O) groups excluding carboxylic acids is 2. The third kappa shape index (κ3) is 6.49. The Morgan fingerprint density at radius 3 is 2.03 bits per heavy atom. The minimum atomic E-state index is -4.06. The number of likely N-dealkylation sites (N-methyl/N-ethyl adjacent to an activating group) is 1. The van der Waals surface area contributed by atoms with Crippen LogP contribution in [0.5, 0.6) is 0 Å². The van der Waals surface area contributed by atoms with Crippen molar-refractivity contribution in [2.24, 2.45) is 0 Å². The predicted octanol–water partition coefficient (Wildman–Crippen LogP) is 4.20. The number of carbonyl (C=O) groups is 2. The van der Waals surface area contributed by atoms with Crippen molar-refractivity contribution in [3.8, 4) is 0 Å². The molecule has 184 valence electrons. The number of nitrogens with zero attached hydrogens (tertiary/aromatic N) is 2. The van der Waals surface area contributed by atoms with Gasteiger partial charge in [-0.25, -0.2) is 8.42 Å². The van der Waals surface area contributed by atoms with Crippen molar-refractivity contribution in [3.63, 3.8) is 0 Å². The molecule has 0 spiro atoms. The molecule has 0 aliphatic heterocycles. The van der Waals surface area contributed by atoms with E-state index in [0.717, 1.165) is 14.3 Å². The van der Waals surface area contributed by atoms with Gasteiger partial charge in [0.1, 0.15) is 12.6 Å². The van der Waals surface area contributed by atoms with Gasteiger partial charge in [-0.2, -0.15) is 0 Å². The summed E-state index contributed by atoms with van der Waals surface area (Å²) in [6.45, 7) is 1.53. The summed E-state index contributed by atoms with van der Waals surface area (Å²) in [6.07, 6.45) is 0.377. The molecule has 3 aromatic rings. The van der Waals surface area contributed by atoms with E-state index < -0.39 is 28.5 Å².